The molecule has 0 radical (unpaired) electrons. The van der Waals surface area contributed by atoms with Crippen LogP contribution in [0.5, 0.6) is 0 Å². The number of amides is 1. The second-order valence-electron chi connectivity index (χ2n) is 6.94. The maximum Gasteiger partial charge on any atom is 0.405 e. The number of hydrogen-bond donors (Lipinski definition) is 1. The summed E-state index contributed by atoms with van der Waals surface area (Å²) in [6.07, 6.45) is -0.379. The van der Waals surface area contributed by atoms with E-state index >= 15 is 0 Å². The third kappa shape index (κ3) is 6.27. The van der Waals surface area contributed by atoms with Crippen LogP contribution >= 0.6 is 0 Å². The molecule has 1 atom stereocenters. The van der Waals surface area contributed by atoms with Gasteiger partial charge in [-0.2, -0.15) is 13.2 Å². The highest BCUT2D eigenvalue weighted by Crippen LogP contribution is 2.22. The first-order valence-corrected chi connectivity index (χ1v) is 8.77. The van der Waals surface area contributed by atoms with E-state index in [-0.39, 0.29) is 11.5 Å². The molecule has 27 heavy (non-hydrogen) atoms. The van der Waals surface area contributed by atoms with Crippen LogP contribution in [0.15, 0.2) is 42.5 Å². The Morgan fingerprint density at radius 2 is 1.70 bits per heavy atom. The largest absolute Gasteiger partial charge is 0.405 e. The van der Waals surface area contributed by atoms with Gasteiger partial charge in [0.05, 0.1) is 0 Å². The molecule has 0 aliphatic heterocycles. The molecule has 0 saturated carbocycles. The molecule has 0 bridgehead atoms. The monoisotopic (exact) mass is 375 g/mol. The van der Waals surface area contributed by atoms with Crippen LogP contribution in [0.1, 0.15) is 51.0 Å². The number of halogens is 3. The Morgan fingerprint density at radius 3 is 2.26 bits per heavy atom. The molecule has 1 amide bonds. The number of carbonyl (C=O) groups is 1. The predicted molar refractivity (Wildman–Crippen MR) is 103 cm³/mol. The molecule has 2 nitrogen and oxygen atoms in total. The number of carbonyl (C=O) groups excluding carboxylic acids is 1. The van der Waals surface area contributed by atoms with Gasteiger partial charge in [-0.25, -0.2) is 0 Å². The normalized spacial score (nSPS) is 13.0. The highest BCUT2D eigenvalue weighted by Gasteiger charge is 2.28. The molecular formula is C22H24F3NO. The summed E-state index contributed by atoms with van der Waals surface area (Å²) in [5.74, 6) is -0.498. The zero-order chi connectivity index (χ0) is 20.2. The molecule has 0 aromatic heterocycles. The lowest BCUT2D eigenvalue weighted by Crippen LogP contribution is -2.34. The first kappa shape index (κ1) is 20.7. The molecule has 2 aromatic rings. The lowest BCUT2D eigenvalue weighted by molar-refractivity contribution is -0.123. The minimum Gasteiger partial charge on any atom is -0.343 e. The third-order valence-electron chi connectivity index (χ3n) is 4.29. The molecule has 2 rings (SSSR count). The van der Waals surface area contributed by atoms with Gasteiger partial charge in [0.15, 0.2) is 0 Å². The number of nitrogens with one attached hydrogen (secondary N) is 1. The van der Waals surface area contributed by atoms with Gasteiger partial charge in [-0.15, -0.1) is 0 Å². The summed E-state index contributed by atoms with van der Waals surface area (Å²) in [5, 5.41) is 1.90. The lowest BCUT2D eigenvalue weighted by atomic mass is 9.95. The van der Waals surface area contributed by atoms with Crippen LogP contribution in [0.2, 0.25) is 0 Å². The lowest BCUT2D eigenvalue weighted by Gasteiger charge is -2.11. The number of alkyl halides is 3. The number of hydrogen-bond acceptors (Lipinski definition) is 1. The Kier molecular flexibility index (Phi) is 6.47. The number of allylic oxidation sites excluding steroid dienone is 1. The molecule has 2 aromatic carbocycles. The maximum absolute atomic E-state index is 12.2. The molecule has 1 N–H and O–H groups in total. The molecule has 0 fully saturated rings. The van der Waals surface area contributed by atoms with Crippen LogP contribution in [-0.4, -0.2) is 18.6 Å². The summed E-state index contributed by atoms with van der Waals surface area (Å²) < 4.78 is 36.7. The summed E-state index contributed by atoms with van der Waals surface area (Å²) in [6, 6.07) is 11.5. The van der Waals surface area contributed by atoms with Gasteiger partial charge in [-0.1, -0.05) is 60.5 Å². The number of benzene rings is 2. The average molecular weight is 375 g/mol. The van der Waals surface area contributed by atoms with Crippen LogP contribution < -0.4 is 5.32 Å². The average Bonchev–Trinajstić information content (AvgIpc) is 2.56. The first-order valence-electron chi connectivity index (χ1n) is 8.77. The fraction of sp³-hybridized carbons (Fsp3) is 0.318. The van der Waals surface area contributed by atoms with E-state index in [2.05, 4.69) is 45.0 Å². The Labute approximate surface area is 158 Å². The molecule has 5 heteroatoms. The summed E-state index contributed by atoms with van der Waals surface area (Å²) >= 11 is 0. The van der Waals surface area contributed by atoms with Crippen molar-refractivity contribution in [3.8, 4) is 0 Å². The van der Waals surface area contributed by atoms with E-state index in [9.17, 15) is 18.0 Å². The highest BCUT2D eigenvalue weighted by atomic mass is 19.4. The maximum atomic E-state index is 12.2. The predicted octanol–water partition coefficient (Wildman–Crippen LogP) is 5.72. The third-order valence-corrected chi connectivity index (χ3v) is 4.29. The minimum absolute atomic E-state index is 0.221. The summed E-state index contributed by atoms with van der Waals surface area (Å²) in [4.78, 5) is 11.9. The van der Waals surface area contributed by atoms with Crippen molar-refractivity contribution in [2.24, 2.45) is 0 Å². The fourth-order valence-electron chi connectivity index (χ4n) is 2.96. The van der Waals surface area contributed by atoms with E-state index in [4.69, 9.17) is 0 Å². The second-order valence-corrected chi connectivity index (χ2v) is 6.94. The molecule has 144 valence electrons. The molecule has 0 spiro atoms. The molecule has 0 heterocycles. The zero-order valence-electron chi connectivity index (χ0n) is 15.9. The minimum atomic E-state index is -4.42. The zero-order valence-corrected chi connectivity index (χ0v) is 15.9. The summed E-state index contributed by atoms with van der Waals surface area (Å²) in [6.45, 7) is 6.63. The van der Waals surface area contributed by atoms with E-state index in [1.165, 1.54) is 16.7 Å². The number of aryl methyl sites for hydroxylation is 3. The molecule has 1 unspecified atom stereocenters. The van der Waals surface area contributed by atoms with E-state index in [0.717, 1.165) is 5.56 Å². The van der Waals surface area contributed by atoms with Gasteiger partial charge in [0, 0.05) is 5.56 Å². The smallest absolute Gasteiger partial charge is 0.343 e. The van der Waals surface area contributed by atoms with Crippen molar-refractivity contribution >= 4 is 12.0 Å². The Morgan fingerprint density at radius 1 is 1.07 bits per heavy atom. The highest BCUT2D eigenvalue weighted by molar-refractivity contribution is 5.95. The van der Waals surface area contributed by atoms with E-state index in [1.54, 1.807) is 25.1 Å². The molecule has 0 saturated heterocycles. The van der Waals surface area contributed by atoms with Gasteiger partial charge < -0.3 is 5.32 Å². The van der Waals surface area contributed by atoms with Crippen molar-refractivity contribution in [2.45, 2.75) is 39.8 Å². The number of rotatable bonds is 5. The van der Waals surface area contributed by atoms with Crippen molar-refractivity contribution in [3.63, 3.8) is 0 Å². The quantitative estimate of drug-likeness (QED) is 0.711. The van der Waals surface area contributed by atoms with Crippen LogP contribution in [0, 0.1) is 20.8 Å². The van der Waals surface area contributed by atoms with Gasteiger partial charge in [-0.05, 0) is 49.4 Å². The van der Waals surface area contributed by atoms with Gasteiger partial charge in [0.25, 0.3) is 5.91 Å². The Bertz CT molecular complexity index is 833. The van der Waals surface area contributed by atoms with E-state index in [1.807, 2.05) is 11.4 Å². The second kappa shape index (κ2) is 8.42. The van der Waals surface area contributed by atoms with Crippen LogP contribution in [0.25, 0.3) is 6.08 Å². The van der Waals surface area contributed by atoms with Crippen LogP contribution in [0.4, 0.5) is 13.2 Å². The van der Waals surface area contributed by atoms with E-state index in [0.29, 0.717) is 5.56 Å². The first-order chi connectivity index (χ1) is 12.5. The molecule has 0 aliphatic carbocycles. The van der Waals surface area contributed by atoms with Crippen molar-refractivity contribution in [2.75, 3.05) is 6.54 Å². The topological polar surface area (TPSA) is 29.1 Å². The SMILES string of the molecule is Cc1cc(C)cc(C(C)/C=C/c2ccc(C(=O)NCC(F)(F)F)c(C)c2)c1. The summed E-state index contributed by atoms with van der Waals surface area (Å²) in [5.41, 5.74) is 5.44. The van der Waals surface area contributed by atoms with Crippen molar-refractivity contribution in [1.82, 2.24) is 5.32 Å². The Hall–Kier alpha value is -2.56. The van der Waals surface area contributed by atoms with Crippen molar-refractivity contribution in [3.05, 3.63) is 75.9 Å². The standard InChI is InChI=1S/C22H24F3NO/c1-14-9-15(2)11-19(10-14)16(3)5-6-18-7-8-20(17(4)12-18)21(27)26-13-22(23,24)25/h5-12,16H,13H2,1-4H3,(H,26,27)/b6-5+. The van der Waals surface area contributed by atoms with Gasteiger partial charge in [0.2, 0.25) is 0 Å². The van der Waals surface area contributed by atoms with Crippen molar-refractivity contribution in [1.29, 1.82) is 0 Å². The molecular weight excluding hydrogens is 351 g/mol. The van der Waals surface area contributed by atoms with Crippen molar-refractivity contribution < 1.29 is 18.0 Å². The molecule has 0 aliphatic rings. The van der Waals surface area contributed by atoms with Gasteiger partial charge >= 0.3 is 6.18 Å². The van der Waals surface area contributed by atoms with Gasteiger partial charge in [0.1, 0.15) is 6.54 Å². The van der Waals surface area contributed by atoms with Crippen LogP contribution in [0.3, 0.4) is 0 Å². The fourth-order valence-corrected chi connectivity index (χ4v) is 2.96. The Balaban J connectivity index is 2.10. The van der Waals surface area contributed by atoms with E-state index < -0.39 is 18.6 Å². The summed E-state index contributed by atoms with van der Waals surface area (Å²) in [7, 11) is 0. The van der Waals surface area contributed by atoms with Crippen LogP contribution in [-0.2, 0) is 0 Å². The van der Waals surface area contributed by atoms with Gasteiger partial charge in [-0.3, -0.25) is 4.79 Å².